The largest absolute Gasteiger partial charge is 0.399 e. The molecule has 0 unspecified atom stereocenters. The molecule has 0 saturated carbocycles. The highest BCUT2D eigenvalue weighted by molar-refractivity contribution is 14.1. The van der Waals surface area contributed by atoms with Crippen molar-refractivity contribution in [3.8, 4) is 29.3 Å². The highest BCUT2D eigenvalue weighted by Gasteiger charge is 2.06. The van der Waals surface area contributed by atoms with E-state index in [9.17, 15) is 0 Å². The minimum absolute atomic E-state index is 0.655. The van der Waals surface area contributed by atoms with Crippen LogP contribution in [0.15, 0.2) is 133 Å². The summed E-state index contributed by atoms with van der Waals surface area (Å²) >= 11 is 6.72. The van der Waals surface area contributed by atoms with Crippen LogP contribution in [0.5, 0.6) is 0 Å². The number of halogens is 3. The fraction of sp³-hybridized carbons (Fsp3) is 0.105. The summed E-state index contributed by atoms with van der Waals surface area (Å²) in [4.78, 5) is 6.78. The summed E-state index contributed by atoms with van der Waals surface area (Å²) in [5.41, 5.74) is 21.2. The molecule has 6 rings (SSSR count). The summed E-state index contributed by atoms with van der Waals surface area (Å²) in [5, 5.41) is 11.9. The van der Waals surface area contributed by atoms with Crippen LogP contribution in [-0.4, -0.2) is 43.2 Å². The molecular formula is C38H36I3N9. The van der Waals surface area contributed by atoms with Crippen LogP contribution in [0.2, 0.25) is 0 Å². The first-order chi connectivity index (χ1) is 24.0. The molecule has 0 aliphatic rings. The van der Waals surface area contributed by atoms with Gasteiger partial charge in [-0.25, -0.2) is 4.68 Å². The third-order valence-corrected chi connectivity index (χ3v) is 8.83. The van der Waals surface area contributed by atoms with Crippen LogP contribution in [0, 0.1) is 23.1 Å². The van der Waals surface area contributed by atoms with E-state index in [1.54, 1.807) is 16.8 Å². The number of aromatic nitrogens is 3. The zero-order chi connectivity index (χ0) is 36.5. The molecule has 0 radical (unpaired) electrons. The molecule has 0 fully saturated rings. The van der Waals surface area contributed by atoms with Crippen molar-refractivity contribution in [3.05, 3.63) is 154 Å². The monoisotopic (exact) mass is 999 g/mol. The lowest BCUT2D eigenvalue weighted by Crippen LogP contribution is -2.07. The molecule has 50 heavy (non-hydrogen) atoms. The van der Waals surface area contributed by atoms with Crippen LogP contribution in [-0.2, 0) is 0 Å². The van der Waals surface area contributed by atoms with Gasteiger partial charge in [-0.15, -0.1) is 11.5 Å². The molecule has 9 nitrogen and oxygen atoms in total. The van der Waals surface area contributed by atoms with Crippen molar-refractivity contribution in [2.75, 3.05) is 43.7 Å². The fourth-order valence-corrected chi connectivity index (χ4v) is 5.00. The van der Waals surface area contributed by atoms with Crippen LogP contribution in [0.3, 0.4) is 0 Å². The average molecular weight is 999 g/mol. The number of benzene rings is 5. The Hall–Kier alpha value is -4.30. The van der Waals surface area contributed by atoms with Crippen molar-refractivity contribution >= 4 is 90.5 Å². The van der Waals surface area contributed by atoms with E-state index in [1.807, 2.05) is 112 Å². The van der Waals surface area contributed by atoms with Gasteiger partial charge in [0.2, 0.25) is 0 Å². The lowest BCUT2D eigenvalue weighted by Gasteiger charge is -2.11. The molecule has 0 aliphatic carbocycles. The molecular weight excluding hydrogens is 963 g/mol. The van der Waals surface area contributed by atoms with Gasteiger partial charge in [0.05, 0.1) is 11.9 Å². The number of terminal acetylenes is 1. The first-order valence-electron chi connectivity index (χ1n) is 15.0. The summed E-state index contributed by atoms with van der Waals surface area (Å²) in [6, 6.07) is 39.5. The first-order valence-corrected chi connectivity index (χ1v) is 18.2. The van der Waals surface area contributed by atoms with Gasteiger partial charge in [-0.2, -0.15) is 0 Å². The van der Waals surface area contributed by atoms with Crippen molar-refractivity contribution in [1.29, 1.82) is 0 Å². The Labute approximate surface area is 334 Å². The standard InChI is InChI=1S/C16H15IN4.C10H11N.C6H4IN3.C6H6IN/c1-20(2)14-7-3-12(4-8-14)16-11-21(19-18-16)15-9-5-13(17)6-10-15;1-4-9-5-7-10(8-6-9)11(2)3;7-5-1-3-6(4-2-5)9-10-8;7-5-1-3-6(8)4-2-5/h3-11H,1-2H3;1,5-8H,2-3H3;1-4H;1-4H,8H2. The predicted molar refractivity (Wildman–Crippen MR) is 234 cm³/mol. The zero-order valence-electron chi connectivity index (χ0n) is 28.0. The third kappa shape index (κ3) is 13.9. The Morgan fingerprint density at radius 2 is 1.16 bits per heavy atom. The molecule has 0 amide bonds. The minimum Gasteiger partial charge on any atom is -0.399 e. The van der Waals surface area contributed by atoms with Crippen molar-refractivity contribution in [2.45, 2.75) is 0 Å². The van der Waals surface area contributed by atoms with E-state index in [0.717, 1.165) is 31.8 Å². The number of hydrogen-bond acceptors (Lipinski definition) is 6. The van der Waals surface area contributed by atoms with Gasteiger partial charge in [0.15, 0.2) is 0 Å². The maximum atomic E-state index is 8.05. The molecule has 2 N–H and O–H groups in total. The van der Waals surface area contributed by atoms with Crippen molar-refractivity contribution in [1.82, 2.24) is 15.0 Å². The third-order valence-electron chi connectivity index (χ3n) is 6.67. The summed E-state index contributed by atoms with van der Waals surface area (Å²) in [6.07, 6.45) is 7.16. The van der Waals surface area contributed by atoms with Gasteiger partial charge in [-0.3, -0.25) is 0 Å². The van der Waals surface area contributed by atoms with E-state index in [1.165, 1.54) is 18.5 Å². The molecule has 254 valence electrons. The maximum absolute atomic E-state index is 8.05. The number of anilines is 3. The van der Waals surface area contributed by atoms with Crippen molar-refractivity contribution < 1.29 is 0 Å². The fourth-order valence-electron chi connectivity index (χ4n) is 3.92. The van der Waals surface area contributed by atoms with Gasteiger partial charge in [-0.05, 0) is 170 Å². The number of nitrogens with two attached hydrogens (primary N) is 1. The summed E-state index contributed by atoms with van der Waals surface area (Å²) in [6.45, 7) is 0. The van der Waals surface area contributed by atoms with E-state index in [0.29, 0.717) is 5.69 Å². The zero-order valence-corrected chi connectivity index (χ0v) is 34.5. The van der Waals surface area contributed by atoms with Gasteiger partial charge in [-0.1, -0.05) is 40.5 Å². The molecule has 0 saturated heterocycles. The normalized spacial score (nSPS) is 9.56. The molecule has 5 aromatic carbocycles. The number of hydrogen-bond donors (Lipinski definition) is 1. The van der Waals surface area contributed by atoms with Gasteiger partial charge in [0.1, 0.15) is 5.69 Å². The quantitative estimate of drug-likeness (QED) is 0.0462. The minimum atomic E-state index is 0.655. The Morgan fingerprint density at radius 3 is 1.60 bits per heavy atom. The number of nitrogens with zero attached hydrogens (tertiary/aromatic N) is 8. The molecule has 0 atom stereocenters. The predicted octanol–water partition coefficient (Wildman–Crippen LogP) is 10.4. The highest BCUT2D eigenvalue weighted by Crippen LogP contribution is 2.21. The molecule has 1 heterocycles. The van der Waals surface area contributed by atoms with Gasteiger partial charge in [0, 0.05) is 77.7 Å². The molecule has 0 bridgehead atoms. The van der Waals surface area contributed by atoms with Crippen LogP contribution < -0.4 is 15.5 Å². The Kier molecular flexibility index (Phi) is 16.9. The summed E-state index contributed by atoms with van der Waals surface area (Å²) in [7, 11) is 8.07. The van der Waals surface area contributed by atoms with Crippen LogP contribution in [0.4, 0.5) is 22.7 Å². The van der Waals surface area contributed by atoms with E-state index in [4.69, 9.17) is 17.7 Å². The van der Waals surface area contributed by atoms with E-state index >= 15 is 0 Å². The van der Waals surface area contributed by atoms with Crippen molar-refractivity contribution in [3.63, 3.8) is 0 Å². The lowest BCUT2D eigenvalue weighted by molar-refractivity contribution is 0.803. The molecule has 0 spiro atoms. The van der Waals surface area contributed by atoms with Gasteiger partial charge >= 0.3 is 0 Å². The lowest BCUT2D eigenvalue weighted by atomic mass is 10.1. The van der Waals surface area contributed by atoms with Crippen LogP contribution >= 0.6 is 67.8 Å². The van der Waals surface area contributed by atoms with E-state index in [2.05, 4.69) is 135 Å². The van der Waals surface area contributed by atoms with Crippen LogP contribution in [0.1, 0.15) is 5.56 Å². The number of azide groups is 1. The van der Waals surface area contributed by atoms with Crippen LogP contribution in [0.25, 0.3) is 27.4 Å². The molecule has 1 aromatic heterocycles. The van der Waals surface area contributed by atoms with Gasteiger partial charge in [0.25, 0.3) is 0 Å². The average Bonchev–Trinajstić information content (AvgIpc) is 3.62. The molecule has 0 aliphatic heterocycles. The Bertz CT molecular complexity index is 1960. The second-order valence-electron chi connectivity index (χ2n) is 10.8. The maximum Gasteiger partial charge on any atom is 0.113 e. The second-order valence-corrected chi connectivity index (χ2v) is 14.5. The Morgan fingerprint density at radius 1 is 0.700 bits per heavy atom. The topological polar surface area (TPSA) is 112 Å². The number of rotatable bonds is 5. The summed E-state index contributed by atoms with van der Waals surface area (Å²) < 4.78 is 5.35. The molecule has 12 heteroatoms. The highest BCUT2D eigenvalue weighted by atomic mass is 127. The summed E-state index contributed by atoms with van der Waals surface area (Å²) in [5.74, 6) is 2.57. The Balaban J connectivity index is 0.000000197. The van der Waals surface area contributed by atoms with Gasteiger partial charge < -0.3 is 15.5 Å². The second kappa shape index (κ2) is 21.0. The number of nitrogen functional groups attached to an aromatic ring is 1. The smallest absolute Gasteiger partial charge is 0.113 e. The first kappa shape index (κ1) is 40.1. The van der Waals surface area contributed by atoms with E-state index in [-0.39, 0.29) is 0 Å². The van der Waals surface area contributed by atoms with E-state index < -0.39 is 0 Å². The molecule has 6 aromatic rings. The van der Waals surface area contributed by atoms with Crippen molar-refractivity contribution in [2.24, 2.45) is 5.11 Å². The SMILES string of the molecule is C#Cc1ccc(N(C)C)cc1.CN(C)c1ccc(-c2cn(-c3ccc(I)cc3)nn2)cc1.Nc1ccc(I)cc1.[N-]=[N+]=Nc1ccc(I)cc1.